The molecule has 1 atom stereocenters. The molecular formula is C13H23NO5S. The molecule has 2 N–H and O–H groups in total. The number of carbonyl (C=O) groups is 2. The van der Waals surface area contributed by atoms with Crippen molar-refractivity contribution >= 4 is 21.7 Å². The van der Waals surface area contributed by atoms with Crippen LogP contribution in [-0.4, -0.2) is 42.4 Å². The second kappa shape index (κ2) is 7.06. The highest BCUT2D eigenvalue weighted by atomic mass is 32.2. The molecule has 1 unspecified atom stereocenters. The van der Waals surface area contributed by atoms with Crippen LogP contribution >= 0.6 is 0 Å². The Bertz CT molecular complexity index is 451. The Kier molecular flexibility index (Phi) is 5.98. The second-order valence-electron chi connectivity index (χ2n) is 5.80. The van der Waals surface area contributed by atoms with Crippen molar-refractivity contribution in [1.82, 2.24) is 5.32 Å². The van der Waals surface area contributed by atoms with Crippen LogP contribution in [0.25, 0.3) is 0 Å². The van der Waals surface area contributed by atoms with Gasteiger partial charge in [0.15, 0.2) is 9.84 Å². The van der Waals surface area contributed by atoms with Crippen molar-refractivity contribution in [2.24, 2.45) is 5.92 Å². The maximum absolute atomic E-state index is 12.0. The number of nitrogens with one attached hydrogen (secondary N) is 1. The van der Waals surface area contributed by atoms with E-state index in [0.29, 0.717) is 12.8 Å². The predicted octanol–water partition coefficient (Wildman–Crippen LogP) is 0.959. The number of carboxylic acids is 1. The van der Waals surface area contributed by atoms with Gasteiger partial charge >= 0.3 is 5.97 Å². The maximum Gasteiger partial charge on any atom is 0.326 e. The summed E-state index contributed by atoms with van der Waals surface area (Å²) >= 11 is 0. The quantitative estimate of drug-likeness (QED) is 0.729. The molecule has 1 saturated carbocycles. The van der Waals surface area contributed by atoms with Gasteiger partial charge in [-0.1, -0.05) is 26.7 Å². The fraction of sp³-hybridized carbons (Fsp3) is 0.846. The standard InChI is InChI=1S/C13H23NO5S/c1-9(2)7-11(13(16)17)14-12(15)8-20(18,19)10-5-3-4-6-10/h9-11H,3-8H2,1-2H3,(H,14,15)(H,16,17). The number of carboxylic acid groups (broad SMARTS) is 1. The van der Waals surface area contributed by atoms with Gasteiger partial charge in [0.1, 0.15) is 11.8 Å². The monoisotopic (exact) mass is 305 g/mol. The minimum absolute atomic E-state index is 0.0999. The largest absolute Gasteiger partial charge is 0.480 e. The van der Waals surface area contributed by atoms with Crippen LogP contribution < -0.4 is 5.32 Å². The maximum atomic E-state index is 12.0. The first-order chi connectivity index (χ1) is 9.22. The van der Waals surface area contributed by atoms with Crippen LogP contribution in [-0.2, 0) is 19.4 Å². The van der Waals surface area contributed by atoms with Gasteiger partial charge in [-0.15, -0.1) is 0 Å². The minimum Gasteiger partial charge on any atom is -0.480 e. The molecule has 0 radical (unpaired) electrons. The highest BCUT2D eigenvalue weighted by Gasteiger charge is 2.31. The van der Waals surface area contributed by atoms with E-state index < -0.39 is 38.8 Å². The highest BCUT2D eigenvalue weighted by molar-refractivity contribution is 7.92. The van der Waals surface area contributed by atoms with Crippen LogP contribution in [0.1, 0.15) is 46.0 Å². The third kappa shape index (κ3) is 5.11. The van der Waals surface area contributed by atoms with Crippen molar-refractivity contribution in [3.63, 3.8) is 0 Å². The van der Waals surface area contributed by atoms with Crippen molar-refractivity contribution in [3.05, 3.63) is 0 Å². The molecule has 1 aliphatic carbocycles. The van der Waals surface area contributed by atoms with E-state index in [4.69, 9.17) is 5.11 Å². The number of sulfone groups is 1. The lowest BCUT2D eigenvalue weighted by molar-refractivity contribution is -0.141. The Morgan fingerprint density at radius 2 is 1.80 bits per heavy atom. The lowest BCUT2D eigenvalue weighted by Gasteiger charge is -2.17. The van der Waals surface area contributed by atoms with Gasteiger partial charge in [-0.2, -0.15) is 0 Å². The Morgan fingerprint density at radius 3 is 2.25 bits per heavy atom. The zero-order valence-corrected chi connectivity index (χ0v) is 12.8. The first kappa shape index (κ1) is 16.9. The van der Waals surface area contributed by atoms with Crippen molar-refractivity contribution in [2.45, 2.75) is 57.2 Å². The molecule has 1 fully saturated rings. The van der Waals surface area contributed by atoms with Crippen molar-refractivity contribution in [1.29, 1.82) is 0 Å². The molecule has 6 nitrogen and oxygen atoms in total. The second-order valence-corrected chi connectivity index (χ2v) is 8.08. The van der Waals surface area contributed by atoms with Gasteiger partial charge in [-0.3, -0.25) is 4.79 Å². The average Bonchev–Trinajstić information content (AvgIpc) is 2.80. The summed E-state index contributed by atoms with van der Waals surface area (Å²) < 4.78 is 24.0. The van der Waals surface area contributed by atoms with E-state index in [1.54, 1.807) is 0 Å². The van der Waals surface area contributed by atoms with Crippen LogP contribution in [0.3, 0.4) is 0 Å². The summed E-state index contributed by atoms with van der Waals surface area (Å²) in [6.45, 7) is 3.69. The van der Waals surface area contributed by atoms with E-state index >= 15 is 0 Å². The molecule has 0 aromatic carbocycles. The summed E-state index contributed by atoms with van der Waals surface area (Å²) in [5.41, 5.74) is 0. The Hall–Kier alpha value is -1.11. The number of amides is 1. The van der Waals surface area contributed by atoms with Crippen LogP contribution in [0.5, 0.6) is 0 Å². The predicted molar refractivity (Wildman–Crippen MR) is 75.1 cm³/mol. The van der Waals surface area contributed by atoms with E-state index in [9.17, 15) is 18.0 Å². The topological polar surface area (TPSA) is 101 Å². The van der Waals surface area contributed by atoms with Crippen molar-refractivity contribution in [2.75, 3.05) is 5.75 Å². The summed E-state index contributed by atoms with van der Waals surface area (Å²) in [5, 5.41) is 10.9. The highest BCUT2D eigenvalue weighted by Crippen LogP contribution is 2.25. The number of rotatable bonds is 7. The smallest absolute Gasteiger partial charge is 0.326 e. The van der Waals surface area contributed by atoms with Crippen LogP contribution in [0.15, 0.2) is 0 Å². The van der Waals surface area contributed by atoms with Gasteiger partial charge < -0.3 is 10.4 Å². The summed E-state index contributed by atoms with van der Waals surface area (Å²) in [6, 6.07) is -1.03. The lowest BCUT2D eigenvalue weighted by atomic mass is 10.0. The van der Waals surface area contributed by atoms with E-state index in [-0.39, 0.29) is 12.3 Å². The van der Waals surface area contributed by atoms with Crippen LogP contribution in [0, 0.1) is 5.92 Å². The molecule has 116 valence electrons. The summed E-state index contributed by atoms with van der Waals surface area (Å²) in [7, 11) is -3.46. The molecule has 0 aliphatic heterocycles. The summed E-state index contributed by atoms with van der Waals surface area (Å²) in [6.07, 6.45) is 3.23. The SMILES string of the molecule is CC(C)CC(NC(=O)CS(=O)(=O)C1CCCC1)C(=O)O. The van der Waals surface area contributed by atoms with Gasteiger partial charge in [0.25, 0.3) is 0 Å². The number of aliphatic carboxylic acids is 1. The molecule has 0 bridgehead atoms. The zero-order chi connectivity index (χ0) is 15.3. The first-order valence-corrected chi connectivity index (χ1v) is 8.67. The van der Waals surface area contributed by atoms with Gasteiger partial charge in [0.2, 0.25) is 5.91 Å². The summed E-state index contributed by atoms with van der Waals surface area (Å²) in [4.78, 5) is 22.8. The van der Waals surface area contributed by atoms with Crippen LogP contribution in [0.2, 0.25) is 0 Å². The van der Waals surface area contributed by atoms with Crippen LogP contribution in [0.4, 0.5) is 0 Å². The van der Waals surface area contributed by atoms with E-state index in [1.807, 2.05) is 13.8 Å². The van der Waals surface area contributed by atoms with Crippen molar-refractivity contribution < 1.29 is 23.1 Å². The van der Waals surface area contributed by atoms with Gasteiger partial charge in [-0.25, -0.2) is 13.2 Å². The number of carbonyl (C=O) groups excluding carboxylic acids is 1. The third-order valence-corrected chi connectivity index (χ3v) is 5.63. The molecule has 1 amide bonds. The van der Waals surface area contributed by atoms with Gasteiger partial charge in [0.05, 0.1) is 5.25 Å². The molecule has 0 heterocycles. The molecule has 0 aromatic heterocycles. The molecule has 20 heavy (non-hydrogen) atoms. The van der Waals surface area contributed by atoms with E-state index in [0.717, 1.165) is 12.8 Å². The minimum atomic E-state index is -3.46. The average molecular weight is 305 g/mol. The Morgan fingerprint density at radius 1 is 1.25 bits per heavy atom. The van der Waals surface area contributed by atoms with Crippen molar-refractivity contribution in [3.8, 4) is 0 Å². The van der Waals surface area contributed by atoms with Gasteiger partial charge in [-0.05, 0) is 25.2 Å². The lowest BCUT2D eigenvalue weighted by Crippen LogP contribution is -2.44. The molecule has 7 heteroatoms. The molecular weight excluding hydrogens is 282 g/mol. The fourth-order valence-corrected chi connectivity index (χ4v) is 4.21. The summed E-state index contributed by atoms with van der Waals surface area (Å²) in [5.74, 6) is -2.36. The normalized spacial score (nSPS) is 18.1. The Balaban J connectivity index is 2.59. The molecule has 0 saturated heterocycles. The first-order valence-electron chi connectivity index (χ1n) is 6.96. The number of hydrogen-bond donors (Lipinski definition) is 2. The number of hydrogen-bond acceptors (Lipinski definition) is 4. The fourth-order valence-electron chi connectivity index (χ4n) is 2.48. The molecule has 0 aromatic rings. The molecule has 0 spiro atoms. The van der Waals surface area contributed by atoms with E-state index in [1.165, 1.54) is 0 Å². The van der Waals surface area contributed by atoms with Gasteiger partial charge in [0, 0.05) is 0 Å². The molecule has 1 rings (SSSR count). The third-order valence-electron chi connectivity index (χ3n) is 3.48. The zero-order valence-electron chi connectivity index (χ0n) is 12.0. The molecule has 1 aliphatic rings. The van der Waals surface area contributed by atoms with E-state index in [2.05, 4.69) is 5.32 Å². The Labute approximate surface area is 119 Å².